The van der Waals surface area contributed by atoms with Gasteiger partial charge in [0.05, 0.1) is 45.3 Å². The van der Waals surface area contributed by atoms with Gasteiger partial charge in [0.15, 0.2) is 5.82 Å². The van der Waals surface area contributed by atoms with E-state index in [-0.39, 0.29) is 39.7 Å². The maximum absolute atomic E-state index is 14.3. The molecule has 1 fully saturated rings. The van der Waals surface area contributed by atoms with E-state index in [0.29, 0.717) is 29.7 Å². The Kier molecular flexibility index (Phi) is 8.13. The van der Waals surface area contributed by atoms with E-state index in [2.05, 4.69) is 42.6 Å². The lowest BCUT2D eigenvalue weighted by molar-refractivity contribution is -0.125. The van der Waals surface area contributed by atoms with E-state index < -0.39 is 34.8 Å². The Morgan fingerprint density at radius 1 is 1.11 bits per heavy atom. The SMILES string of the molecule is CC(NC(=O)C1(NC(=O)c2cnc3n2C(C)(Cc2ccc(C#N)cc2)C(=O)N3c2cc(Cl)c(F)c(Cl)c2)CC1)c1ccc(Br)cn1. The van der Waals surface area contributed by atoms with Gasteiger partial charge in [-0.3, -0.25) is 23.9 Å². The molecule has 0 saturated heterocycles. The number of pyridine rings is 1. The van der Waals surface area contributed by atoms with Crippen molar-refractivity contribution in [2.75, 3.05) is 4.90 Å². The molecule has 4 aromatic rings. The van der Waals surface area contributed by atoms with Crippen molar-refractivity contribution in [3.63, 3.8) is 0 Å². The normalized spacial score (nSPS) is 18.5. The molecule has 2 N–H and O–H groups in total. The summed E-state index contributed by atoms with van der Waals surface area (Å²) in [6, 6.07) is 14.5. The van der Waals surface area contributed by atoms with Crippen LogP contribution in [0.4, 0.5) is 16.0 Å². The molecule has 3 heterocycles. The number of halogens is 4. The van der Waals surface area contributed by atoms with Crippen LogP contribution < -0.4 is 15.5 Å². The number of benzene rings is 2. The van der Waals surface area contributed by atoms with Crippen molar-refractivity contribution in [1.29, 1.82) is 5.26 Å². The van der Waals surface area contributed by atoms with E-state index in [4.69, 9.17) is 23.2 Å². The Labute approximate surface area is 281 Å². The highest BCUT2D eigenvalue weighted by Gasteiger charge is 2.54. The van der Waals surface area contributed by atoms with Crippen LogP contribution in [0.15, 0.2) is 65.4 Å². The highest BCUT2D eigenvalue weighted by Crippen LogP contribution is 2.44. The first kappa shape index (κ1) is 31.7. The van der Waals surface area contributed by atoms with Gasteiger partial charge in [-0.2, -0.15) is 5.26 Å². The summed E-state index contributed by atoms with van der Waals surface area (Å²) in [6.45, 7) is 3.47. The van der Waals surface area contributed by atoms with Gasteiger partial charge in [-0.05, 0) is 84.6 Å². The Balaban J connectivity index is 1.34. The zero-order valence-electron chi connectivity index (χ0n) is 24.4. The van der Waals surface area contributed by atoms with Crippen LogP contribution in [-0.4, -0.2) is 37.8 Å². The second-order valence-electron chi connectivity index (χ2n) is 11.5. The van der Waals surface area contributed by atoms with Crippen LogP contribution in [0.3, 0.4) is 0 Å². The molecule has 0 spiro atoms. The summed E-state index contributed by atoms with van der Waals surface area (Å²) in [5.74, 6) is -2.16. The molecule has 0 bridgehead atoms. The van der Waals surface area contributed by atoms with Crippen LogP contribution in [0, 0.1) is 17.1 Å². The predicted molar refractivity (Wildman–Crippen MR) is 172 cm³/mol. The van der Waals surface area contributed by atoms with Crippen molar-refractivity contribution in [1.82, 2.24) is 25.2 Å². The number of hydrogen-bond donors (Lipinski definition) is 2. The molecular formula is C32H25BrCl2FN7O3. The largest absolute Gasteiger partial charge is 0.346 e. The van der Waals surface area contributed by atoms with Crippen molar-refractivity contribution < 1.29 is 18.8 Å². The van der Waals surface area contributed by atoms with Crippen LogP contribution >= 0.6 is 39.1 Å². The molecule has 1 saturated carbocycles. The van der Waals surface area contributed by atoms with E-state index >= 15 is 0 Å². The first-order valence-corrected chi connectivity index (χ1v) is 15.7. The van der Waals surface area contributed by atoms with Crippen molar-refractivity contribution in [2.24, 2.45) is 0 Å². The summed E-state index contributed by atoms with van der Waals surface area (Å²) >= 11 is 15.5. The number of anilines is 2. The van der Waals surface area contributed by atoms with Gasteiger partial charge in [0.25, 0.3) is 11.8 Å². The fourth-order valence-corrected chi connectivity index (χ4v) is 6.30. The molecule has 2 aromatic carbocycles. The first-order chi connectivity index (χ1) is 21.9. The molecule has 10 nitrogen and oxygen atoms in total. The quantitative estimate of drug-likeness (QED) is 0.210. The molecule has 234 valence electrons. The van der Waals surface area contributed by atoms with E-state index in [1.54, 1.807) is 50.4 Å². The number of nitrogens with zero attached hydrogens (tertiary/aromatic N) is 5. The molecule has 46 heavy (non-hydrogen) atoms. The first-order valence-electron chi connectivity index (χ1n) is 14.2. The minimum atomic E-state index is -1.40. The lowest BCUT2D eigenvalue weighted by Gasteiger charge is -2.27. The number of carbonyl (C=O) groups excluding carboxylic acids is 3. The van der Waals surface area contributed by atoms with E-state index in [1.165, 1.54) is 27.8 Å². The van der Waals surface area contributed by atoms with Crippen LogP contribution in [0.5, 0.6) is 0 Å². The number of rotatable bonds is 8. The second kappa shape index (κ2) is 11.8. The minimum Gasteiger partial charge on any atom is -0.346 e. The summed E-state index contributed by atoms with van der Waals surface area (Å²) in [5, 5.41) is 14.5. The average molecular weight is 725 g/mol. The second-order valence-corrected chi connectivity index (χ2v) is 13.3. The highest BCUT2D eigenvalue weighted by atomic mass is 79.9. The summed E-state index contributed by atoms with van der Waals surface area (Å²) < 4.78 is 16.6. The molecule has 2 unspecified atom stereocenters. The van der Waals surface area contributed by atoms with Gasteiger partial charge in [0.2, 0.25) is 11.9 Å². The lowest BCUT2D eigenvalue weighted by atomic mass is 9.91. The van der Waals surface area contributed by atoms with Crippen molar-refractivity contribution in [2.45, 2.75) is 50.2 Å². The highest BCUT2D eigenvalue weighted by molar-refractivity contribution is 9.10. The van der Waals surface area contributed by atoms with Crippen LogP contribution in [-0.2, 0) is 21.5 Å². The standard InChI is InChI=1S/C32H25BrCl2FN7O3/c1-17(24-8-7-20(33)15-38-24)40-28(45)32(9-10-32)41-27(44)25-16-39-30-42(21-11-22(34)26(36)23(35)12-21)29(46)31(2,43(25)30)13-18-3-5-19(14-37)6-4-18/h3-8,11-12,15-17H,9-10,13H2,1-2H3,(H,40,45)(H,41,44). The Bertz CT molecular complexity index is 1920. The molecule has 1 aliphatic heterocycles. The van der Waals surface area contributed by atoms with E-state index in [9.17, 15) is 24.0 Å². The summed E-state index contributed by atoms with van der Waals surface area (Å²) in [4.78, 5) is 51.6. The average Bonchev–Trinajstić information content (AvgIpc) is 3.62. The molecule has 6 rings (SSSR count). The number of carbonyl (C=O) groups is 3. The van der Waals surface area contributed by atoms with Crippen molar-refractivity contribution in [3.8, 4) is 6.07 Å². The third kappa shape index (κ3) is 5.53. The van der Waals surface area contributed by atoms with Crippen LogP contribution in [0.1, 0.15) is 60.0 Å². The van der Waals surface area contributed by atoms with Crippen LogP contribution in [0.2, 0.25) is 10.0 Å². The van der Waals surface area contributed by atoms with Gasteiger partial charge >= 0.3 is 0 Å². The Morgan fingerprint density at radius 2 is 1.78 bits per heavy atom. The van der Waals surface area contributed by atoms with Crippen molar-refractivity contribution in [3.05, 3.63) is 104 Å². The molecule has 1 aliphatic carbocycles. The maximum Gasteiger partial charge on any atom is 0.270 e. The number of aromatic nitrogens is 3. The summed E-state index contributed by atoms with van der Waals surface area (Å²) in [6.07, 6.45) is 3.93. The molecular weight excluding hydrogens is 700 g/mol. The third-order valence-corrected chi connectivity index (χ3v) is 9.29. The molecule has 3 amide bonds. The molecule has 2 aliphatic rings. The Hall–Kier alpha value is -4.31. The van der Waals surface area contributed by atoms with Crippen molar-refractivity contribution >= 4 is 68.5 Å². The number of imidazole rings is 1. The molecule has 2 atom stereocenters. The molecule has 14 heteroatoms. The Morgan fingerprint density at radius 3 is 2.37 bits per heavy atom. The minimum absolute atomic E-state index is 0.0444. The number of fused-ring (bicyclic) bond motifs is 1. The third-order valence-electron chi connectivity index (χ3n) is 8.27. The van der Waals surface area contributed by atoms with Gasteiger partial charge in [-0.1, -0.05) is 35.3 Å². The lowest BCUT2D eigenvalue weighted by Crippen LogP contribution is -2.50. The van der Waals surface area contributed by atoms with E-state index in [1.807, 2.05) is 6.07 Å². The van der Waals surface area contributed by atoms with Gasteiger partial charge in [-0.15, -0.1) is 0 Å². The fourth-order valence-electron chi connectivity index (χ4n) is 5.59. The number of nitrogens with one attached hydrogen (secondary N) is 2. The summed E-state index contributed by atoms with van der Waals surface area (Å²) in [5.41, 5.74) is -0.515. The predicted octanol–water partition coefficient (Wildman–Crippen LogP) is 6.13. The fraction of sp³-hybridized carbons (Fsp3) is 0.250. The monoisotopic (exact) mass is 723 g/mol. The smallest absolute Gasteiger partial charge is 0.270 e. The van der Waals surface area contributed by atoms with Gasteiger partial charge in [0, 0.05) is 17.1 Å². The van der Waals surface area contributed by atoms with Gasteiger partial charge in [-0.25, -0.2) is 14.3 Å². The topological polar surface area (TPSA) is 133 Å². The summed E-state index contributed by atoms with van der Waals surface area (Å²) in [7, 11) is 0. The maximum atomic E-state index is 14.3. The zero-order valence-corrected chi connectivity index (χ0v) is 27.5. The van der Waals surface area contributed by atoms with Gasteiger partial charge < -0.3 is 10.6 Å². The number of nitriles is 1. The molecule has 0 radical (unpaired) electrons. The van der Waals surface area contributed by atoms with E-state index in [0.717, 1.165) is 4.47 Å². The zero-order chi connectivity index (χ0) is 33.0. The van der Waals surface area contributed by atoms with Gasteiger partial charge in [0.1, 0.15) is 16.8 Å². The number of hydrogen-bond acceptors (Lipinski definition) is 6. The number of amides is 3. The van der Waals surface area contributed by atoms with Crippen LogP contribution in [0.25, 0.3) is 0 Å². The molecule has 2 aromatic heterocycles.